The Hall–Kier alpha value is -4.03. The van der Waals surface area contributed by atoms with Gasteiger partial charge in [0, 0.05) is 11.5 Å². The third-order valence-corrected chi connectivity index (χ3v) is 6.03. The molecule has 0 unspecified atom stereocenters. The van der Waals surface area contributed by atoms with Crippen LogP contribution in [0.1, 0.15) is 28.2 Å². The molecule has 1 N–H and O–H groups in total. The predicted molar refractivity (Wildman–Crippen MR) is 129 cm³/mol. The highest BCUT2D eigenvalue weighted by Crippen LogP contribution is 2.44. The first-order valence-corrected chi connectivity index (χ1v) is 10.8. The molecule has 4 aromatic rings. The summed E-state index contributed by atoms with van der Waals surface area (Å²) in [5, 5.41) is 5.07. The first kappa shape index (κ1) is 19.9. The van der Waals surface area contributed by atoms with Crippen LogP contribution in [0.25, 0.3) is 21.9 Å². The van der Waals surface area contributed by atoms with Crippen molar-refractivity contribution in [1.82, 2.24) is 5.32 Å². The van der Waals surface area contributed by atoms with E-state index < -0.39 is 6.09 Å². The first-order chi connectivity index (χ1) is 15.7. The van der Waals surface area contributed by atoms with Gasteiger partial charge in [-0.15, -0.1) is 0 Å². The van der Waals surface area contributed by atoms with E-state index >= 15 is 0 Å². The van der Waals surface area contributed by atoms with E-state index in [-0.39, 0.29) is 12.5 Å². The minimum absolute atomic E-state index is 0.0538. The van der Waals surface area contributed by atoms with Gasteiger partial charge in [-0.3, -0.25) is 0 Å². The van der Waals surface area contributed by atoms with Crippen molar-refractivity contribution in [3.8, 4) is 23.0 Å². The van der Waals surface area contributed by atoms with Crippen LogP contribution in [0.4, 0.5) is 4.79 Å². The molecule has 0 radical (unpaired) electrons. The zero-order valence-corrected chi connectivity index (χ0v) is 17.9. The van der Waals surface area contributed by atoms with Gasteiger partial charge in [-0.25, -0.2) is 4.79 Å². The van der Waals surface area contributed by atoms with E-state index in [2.05, 4.69) is 66.5 Å². The largest absolute Gasteiger partial charge is 0.449 e. The molecule has 0 fully saturated rings. The minimum Gasteiger partial charge on any atom is -0.449 e. The molecule has 5 rings (SSSR count). The summed E-state index contributed by atoms with van der Waals surface area (Å²) in [4.78, 5) is 12.3. The van der Waals surface area contributed by atoms with Gasteiger partial charge >= 0.3 is 6.09 Å². The summed E-state index contributed by atoms with van der Waals surface area (Å²) >= 11 is 0. The zero-order chi connectivity index (χ0) is 21.9. The van der Waals surface area contributed by atoms with Crippen LogP contribution < -0.4 is 5.32 Å². The summed E-state index contributed by atoms with van der Waals surface area (Å²) in [5.41, 5.74) is 7.02. The van der Waals surface area contributed by atoms with Crippen molar-refractivity contribution in [2.24, 2.45) is 0 Å². The number of nitrogens with one attached hydrogen (secondary N) is 1. The van der Waals surface area contributed by atoms with Crippen LogP contribution in [0.15, 0.2) is 84.9 Å². The van der Waals surface area contributed by atoms with Crippen LogP contribution in [-0.4, -0.2) is 19.2 Å². The lowest BCUT2D eigenvalue weighted by Gasteiger charge is -2.14. The number of ether oxygens (including phenoxy) is 1. The fourth-order valence-corrected chi connectivity index (χ4v) is 4.46. The highest BCUT2D eigenvalue weighted by Gasteiger charge is 2.28. The van der Waals surface area contributed by atoms with Crippen LogP contribution in [0.5, 0.6) is 0 Å². The van der Waals surface area contributed by atoms with Crippen molar-refractivity contribution in [2.45, 2.75) is 12.8 Å². The predicted octanol–water partition coefficient (Wildman–Crippen LogP) is 6.04. The lowest BCUT2D eigenvalue weighted by atomic mass is 9.98. The number of carbonyl (C=O) groups excluding carboxylic acids is 1. The molecule has 0 saturated heterocycles. The van der Waals surface area contributed by atoms with Gasteiger partial charge in [0.2, 0.25) is 0 Å². The molecule has 0 bridgehead atoms. The van der Waals surface area contributed by atoms with Crippen molar-refractivity contribution in [3.63, 3.8) is 0 Å². The van der Waals surface area contributed by atoms with Crippen LogP contribution in [-0.2, 0) is 4.74 Å². The lowest BCUT2D eigenvalue weighted by Crippen LogP contribution is -2.26. The number of amides is 1. The Morgan fingerprint density at radius 2 is 1.47 bits per heavy atom. The van der Waals surface area contributed by atoms with Crippen molar-refractivity contribution < 1.29 is 9.53 Å². The molecule has 1 aliphatic carbocycles. The molecule has 3 nitrogen and oxygen atoms in total. The third-order valence-electron chi connectivity index (χ3n) is 6.03. The van der Waals surface area contributed by atoms with Crippen LogP contribution in [0.3, 0.4) is 0 Å². The summed E-state index contributed by atoms with van der Waals surface area (Å²) < 4.78 is 5.56. The van der Waals surface area contributed by atoms with Gasteiger partial charge in [0.05, 0.1) is 6.54 Å². The van der Waals surface area contributed by atoms with Gasteiger partial charge in [0.1, 0.15) is 6.61 Å². The molecule has 4 aromatic carbocycles. The van der Waals surface area contributed by atoms with E-state index in [4.69, 9.17) is 4.74 Å². The highest BCUT2D eigenvalue weighted by atomic mass is 16.5. The normalized spacial score (nSPS) is 11.9. The first-order valence-electron chi connectivity index (χ1n) is 10.8. The molecular formula is C29H23NO2. The monoisotopic (exact) mass is 417 g/mol. The fourth-order valence-electron chi connectivity index (χ4n) is 4.46. The Labute approximate surface area is 188 Å². The maximum absolute atomic E-state index is 12.3. The van der Waals surface area contributed by atoms with Gasteiger partial charge in [-0.1, -0.05) is 90.7 Å². The number of carbonyl (C=O) groups is 1. The number of aryl methyl sites for hydroxylation is 1. The zero-order valence-electron chi connectivity index (χ0n) is 17.9. The average molecular weight is 418 g/mol. The summed E-state index contributed by atoms with van der Waals surface area (Å²) in [6.45, 7) is 2.63. The van der Waals surface area contributed by atoms with Gasteiger partial charge in [0.15, 0.2) is 0 Å². The Balaban J connectivity index is 1.22. The molecule has 0 spiro atoms. The molecule has 32 heavy (non-hydrogen) atoms. The van der Waals surface area contributed by atoms with E-state index in [0.717, 1.165) is 10.9 Å². The highest BCUT2D eigenvalue weighted by molar-refractivity contribution is 5.90. The average Bonchev–Trinajstić information content (AvgIpc) is 3.16. The van der Waals surface area contributed by atoms with Crippen LogP contribution in [0, 0.1) is 18.8 Å². The molecule has 0 aliphatic heterocycles. The number of fused-ring (bicyclic) bond motifs is 4. The SMILES string of the molecule is Cc1ccc(C#CCNC(=O)OCC2c3ccccc3-c3ccccc32)c2ccccc12. The second kappa shape index (κ2) is 8.61. The van der Waals surface area contributed by atoms with E-state index in [9.17, 15) is 4.79 Å². The van der Waals surface area contributed by atoms with Crippen molar-refractivity contribution >= 4 is 16.9 Å². The number of hydrogen-bond donors (Lipinski definition) is 1. The van der Waals surface area contributed by atoms with Gasteiger partial charge in [-0.05, 0) is 51.6 Å². The molecule has 1 aliphatic rings. The number of alkyl carbamates (subject to hydrolysis) is 1. The molecule has 0 saturated carbocycles. The molecule has 0 aromatic heterocycles. The molecular weight excluding hydrogens is 394 g/mol. The number of hydrogen-bond acceptors (Lipinski definition) is 2. The van der Waals surface area contributed by atoms with E-state index in [1.807, 2.05) is 42.5 Å². The fraction of sp³-hybridized carbons (Fsp3) is 0.138. The minimum atomic E-state index is -0.449. The van der Waals surface area contributed by atoms with E-state index in [1.165, 1.54) is 33.2 Å². The van der Waals surface area contributed by atoms with E-state index in [1.54, 1.807) is 0 Å². The van der Waals surface area contributed by atoms with E-state index in [0.29, 0.717) is 6.61 Å². The second-order valence-corrected chi connectivity index (χ2v) is 7.96. The summed E-state index contributed by atoms with van der Waals surface area (Å²) in [6, 6.07) is 28.9. The molecule has 3 heteroatoms. The van der Waals surface area contributed by atoms with Crippen molar-refractivity contribution in [1.29, 1.82) is 0 Å². The summed E-state index contributed by atoms with van der Waals surface area (Å²) in [7, 11) is 0. The maximum atomic E-state index is 12.3. The summed E-state index contributed by atoms with van der Waals surface area (Å²) in [6.07, 6.45) is -0.449. The lowest BCUT2D eigenvalue weighted by molar-refractivity contribution is 0.144. The Bertz CT molecular complexity index is 1330. The Morgan fingerprint density at radius 3 is 2.19 bits per heavy atom. The number of rotatable bonds is 3. The standard InChI is InChI=1S/C29H23NO2/c1-20-16-17-21(23-11-3-2-10-22(20)23)9-8-18-30-29(31)32-19-28-26-14-6-4-12-24(26)25-13-5-7-15-27(25)28/h2-7,10-17,28H,18-19H2,1H3,(H,30,31). The third kappa shape index (κ3) is 3.72. The Kier molecular flexibility index (Phi) is 5.35. The topological polar surface area (TPSA) is 38.3 Å². The number of benzene rings is 4. The van der Waals surface area contributed by atoms with Gasteiger partial charge < -0.3 is 10.1 Å². The van der Waals surface area contributed by atoms with Crippen molar-refractivity contribution in [2.75, 3.05) is 13.2 Å². The van der Waals surface area contributed by atoms with Crippen LogP contribution >= 0.6 is 0 Å². The second-order valence-electron chi connectivity index (χ2n) is 7.96. The quantitative estimate of drug-likeness (QED) is 0.413. The molecule has 156 valence electrons. The Morgan fingerprint density at radius 1 is 0.844 bits per heavy atom. The molecule has 1 amide bonds. The molecule has 0 heterocycles. The smallest absolute Gasteiger partial charge is 0.407 e. The molecule has 0 atom stereocenters. The van der Waals surface area contributed by atoms with Gasteiger partial charge in [-0.2, -0.15) is 0 Å². The van der Waals surface area contributed by atoms with Gasteiger partial charge in [0.25, 0.3) is 0 Å². The van der Waals surface area contributed by atoms with Crippen LogP contribution in [0.2, 0.25) is 0 Å². The maximum Gasteiger partial charge on any atom is 0.407 e. The van der Waals surface area contributed by atoms with Crippen molar-refractivity contribution in [3.05, 3.63) is 107 Å². The summed E-state index contributed by atoms with van der Waals surface area (Å²) in [5.74, 6) is 6.27.